The van der Waals surface area contributed by atoms with Gasteiger partial charge in [0, 0.05) is 10.6 Å². The monoisotopic (exact) mass is 351 g/mol. The average molecular weight is 352 g/mol. The van der Waals surface area contributed by atoms with Crippen LogP contribution in [0.4, 0.5) is 0 Å². The van der Waals surface area contributed by atoms with Crippen molar-refractivity contribution in [2.75, 3.05) is 6.61 Å². The van der Waals surface area contributed by atoms with Gasteiger partial charge in [0.15, 0.2) is 0 Å². The molecule has 0 spiro atoms. The molecule has 3 aromatic rings. The molecule has 1 aromatic heterocycles. The van der Waals surface area contributed by atoms with Crippen molar-refractivity contribution in [3.8, 4) is 11.8 Å². The molecule has 126 valence electrons. The molecule has 0 amide bonds. The topological polar surface area (TPSA) is 61.7 Å². The molecule has 0 atom stereocenters. The summed E-state index contributed by atoms with van der Waals surface area (Å²) in [5.74, 6) is 1.23. The second kappa shape index (κ2) is 7.42. The van der Waals surface area contributed by atoms with Crippen LogP contribution in [-0.4, -0.2) is 16.6 Å². The first kappa shape index (κ1) is 17.1. The lowest BCUT2D eigenvalue weighted by Crippen LogP contribution is -1.97. The van der Waals surface area contributed by atoms with Crippen molar-refractivity contribution in [2.24, 2.45) is 0 Å². The smallest absolute Gasteiger partial charge is 0.149 e. The van der Waals surface area contributed by atoms with E-state index in [0.717, 1.165) is 28.6 Å². The summed E-state index contributed by atoms with van der Waals surface area (Å²) in [4.78, 5) is 7.72. The molecular weight excluding hydrogens is 334 g/mol. The van der Waals surface area contributed by atoms with Crippen LogP contribution >= 0.6 is 11.6 Å². The maximum absolute atomic E-state index is 9.60. The minimum atomic E-state index is 0.428. The second-order valence-electron chi connectivity index (χ2n) is 5.81. The Morgan fingerprint density at radius 2 is 2.16 bits per heavy atom. The van der Waals surface area contributed by atoms with E-state index in [1.165, 1.54) is 0 Å². The van der Waals surface area contributed by atoms with Gasteiger partial charge in [-0.1, -0.05) is 24.6 Å². The number of halogens is 1. The van der Waals surface area contributed by atoms with E-state index < -0.39 is 0 Å². The summed E-state index contributed by atoms with van der Waals surface area (Å²) in [7, 11) is 0. The molecule has 0 unspecified atom stereocenters. The lowest BCUT2D eigenvalue weighted by Gasteiger charge is -2.09. The fourth-order valence-corrected chi connectivity index (χ4v) is 2.72. The molecule has 0 aliphatic carbocycles. The SMILES string of the molecule is CCCOc1ccc(Cl)cc1/C=C(/C#N)c1nc2ccc(C)cc2[nH]1. The Morgan fingerprint density at radius 3 is 2.92 bits per heavy atom. The highest BCUT2D eigenvalue weighted by molar-refractivity contribution is 6.30. The predicted molar refractivity (Wildman–Crippen MR) is 102 cm³/mol. The van der Waals surface area contributed by atoms with Gasteiger partial charge in [0.25, 0.3) is 0 Å². The summed E-state index contributed by atoms with van der Waals surface area (Å²) >= 11 is 6.11. The number of aromatic amines is 1. The number of H-pyrrole nitrogens is 1. The van der Waals surface area contributed by atoms with Gasteiger partial charge in [-0.05, 0) is 55.3 Å². The lowest BCUT2D eigenvalue weighted by molar-refractivity contribution is 0.317. The van der Waals surface area contributed by atoms with Gasteiger partial charge in [0.1, 0.15) is 17.6 Å². The van der Waals surface area contributed by atoms with E-state index in [-0.39, 0.29) is 0 Å². The van der Waals surface area contributed by atoms with Crippen LogP contribution in [0.1, 0.15) is 30.3 Å². The number of ether oxygens (including phenoxy) is 1. The standard InChI is InChI=1S/C20H18ClN3O/c1-3-8-25-19-7-5-16(21)11-14(19)10-15(12-22)20-23-17-6-4-13(2)9-18(17)24-20/h4-7,9-11H,3,8H2,1-2H3,(H,23,24)/b15-10-. The molecule has 1 N–H and O–H groups in total. The summed E-state index contributed by atoms with van der Waals surface area (Å²) in [6, 6.07) is 13.5. The fourth-order valence-electron chi connectivity index (χ4n) is 2.54. The third-order valence-corrected chi connectivity index (χ3v) is 3.98. The Morgan fingerprint density at radius 1 is 1.32 bits per heavy atom. The van der Waals surface area contributed by atoms with Gasteiger partial charge in [-0.3, -0.25) is 0 Å². The van der Waals surface area contributed by atoms with Crippen molar-refractivity contribution in [1.29, 1.82) is 5.26 Å². The van der Waals surface area contributed by atoms with Crippen LogP contribution in [0.5, 0.6) is 5.75 Å². The summed E-state index contributed by atoms with van der Waals surface area (Å²) in [6.45, 7) is 4.67. The molecular formula is C20H18ClN3O. The van der Waals surface area contributed by atoms with E-state index in [1.54, 1.807) is 18.2 Å². The van der Waals surface area contributed by atoms with Crippen molar-refractivity contribution in [3.05, 3.63) is 58.4 Å². The molecule has 0 saturated carbocycles. The number of fused-ring (bicyclic) bond motifs is 1. The highest BCUT2D eigenvalue weighted by atomic mass is 35.5. The van der Waals surface area contributed by atoms with Crippen molar-refractivity contribution < 1.29 is 4.74 Å². The molecule has 2 aromatic carbocycles. The number of hydrogen-bond donors (Lipinski definition) is 1. The fraction of sp³-hybridized carbons (Fsp3) is 0.200. The summed E-state index contributed by atoms with van der Waals surface area (Å²) in [5, 5.41) is 10.2. The van der Waals surface area contributed by atoms with Crippen LogP contribution in [0.3, 0.4) is 0 Å². The molecule has 0 saturated heterocycles. The van der Waals surface area contributed by atoms with Crippen LogP contribution in [0.25, 0.3) is 22.7 Å². The molecule has 25 heavy (non-hydrogen) atoms. The van der Waals surface area contributed by atoms with E-state index in [4.69, 9.17) is 16.3 Å². The molecule has 0 aliphatic rings. The third kappa shape index (κ3) is 3.84. The van der Waals surface area contributed by atoms with Crippen LogP contribution in [0, 0.1) is 18.3 Å². The van der Waals surface area contributed by atoms with Gasteiger partial charge in [-0.2, -0.15) is 5.26 Å². The number of nitrogens with one attached hydrogen (secondary N) is 1. The van der Waals surface area contributed by atoms with Crippen molar-refractivity contribution >= 4 is 34.3 Å². The van der Waals surface area contributed by atoms with E-state index >= 15 is 0 Å². The first-order valence-corrected chi connectivity index (χ1v) is 8.49. The molecule has 1 heterocycles. The molecule has 0 bridgehead atoms. The first-order valence-electron chi connectivity index (χ1n) is 8.11. The van der Waals surface area contributed by atoms with E-state index in [2.05, 4.69) is 16.0 Å². The zero-order valence-electron chi connectivity index (χ0n) is 14.1. The summed E-state index contributed by atoms with van der Waals surface area (Å²) in [5.41, 5.74) is 4.06. The van der Waals surface area contributed by atoms with Gasteiger partial charge >= 0.3 is 0 Å². The Labute approximate surface area is 151 Å². The lowest BCUT2D eigenvalue weighted by atomic mass is 10.1. The Kier molecular flexibility index (Phi) is 5.06. The molecule has 0 radical (unpaired) electrons. The van der Waals surface area contributed by atoms with Gasteiger partial charge < -0.3 is 9.72 Å². The molecule has 5 heteroatoms. The van der Waals surface area contributed by atoms with Crippen LogP contribution in [0.15, 0.2) is 36.4 Å². The third-order valence-electron chi connectivity index (χ3n) is 3.75. The predicted octanol–water partition coefficient (Wildman–Crippen LogP) is 5.38. The minimum Gasteiger partial charge on any atom is -0.493 e. The highest BCUT2D eigenvalue weighted by Gasteiger charge is 2.10. The zero-order chi connectivity index (χ0) is 17.8. The van der Waals surface area contributed by atoms with Gasteiger partial charge in [0.2, 0.25) is 0 Å². The number of imidazole rings is 1. The largest absolute Gasteiger partial charge is 0.493 e. The molecule has 3 rings (SSSR count). The maximum Gasteiger partial charge on any atom is 0.149 e. The number of aromatic nitrogens is 2. The maximum atomic E-state index is 9.60. The number of allylic oxidation sites excluding steroid dienone is 1. The molecule has 0 fully saturated rings. The summed E-state index contributed by atoms with van der Waals surface area (Å²) in [6.07, 6.45) is 2.65. The van der Waals surface area contributed by atoms with Crippen LogP contribution in [-0.2, 0) is 0 Å². The number of nitriles is 1. The van der Waals surface area contributed by atoms with E-state index in [9.17, 15) is 5.26 Å². The van der Waals surface area contributed by atoms with E-state index in [1.807, 2.05) is 38.1 Å². The average Bonchev–Trinajstić information content (AvgIpc) is 3.01. The first-order chi connectivity index (χ1) is 12.1. The zero-order valence-corrected chi connectivity index (χ0v) is 14.9. The number of nitrogens with zero attached hydrogens (tertiary/aromatic N) is 2. The number of hydrogen-bond acceptors (Lipinski definition) is 3. The number of benzene rings is 2. The molecule has 4 nitrogen and oxygen atoms in total. The van der Waals surface area contributed by atoms with Crippen molar-refractivity contribution in [2.45, 2.75) is 20.3 Å². The minimum absolute atomic E-state index is 0.428. The Balaban J connectivity index is 2.05. The number of aryl methyl sites for hydroxylation is 1. The van der Waals surface area contributed by atoms with Crippen LogP contribution in [0.2, 0.25) is 5.02 Å². The highest BCUT2D eigenvalue weighted by Crippen LogP contribution is 2.28. The quantitative estimate of drug-likeness (QED) is 0.628. The van der Waals surface area contributed by atoms with E-state index in [0.29, 0.717) is 28.8 Å². The number of rotatable bonds is 5. The molecule has 0 aliphatic heterocycles. The van der Waals surface area contributed by atoms with Crippen molar-refractivity contribution in [3.63, 3.8) is 0 Å². The van der Waals surface area contributed by atoms with Crippen molar-refractivity contribution in [1.82, 2.24) is 9.97 Å². The van der Waals surface area contributed by atoms with Gasteiger partial charge in [0.05, 0.1) is 23.2 Å². The normalized spacial score (nSPS) is 11.5. The van der Waals surface area contributed by atoms with Crippen LogP contribution < -0.4 is 4.74 Å². The van der Waals surface area contributed by atoms with Gasteiger partial charge in [-0.15, -0.1) is 0 Å². The Bertz CT molecular complexity index is 982. The van der Waals surface area contributed by atoms with Gasteiger partial charge in [-0.25, -0.2) is 4.98 Å². The second-order valence-corrected chi connectivity index (χ2v) is 6.24. The Hall–Kier alpha value is -2.77. The summed E-state index contributed by atoms with van der Waals surface area (Å²) < 4.78 is 5.75.